The van der Waals surface area contributed by atoms with Crippen LogP contribution in [0, 0.1) is 0 Å². The van der Waals surface area contributed by atoms with E-state index in [0.717, 1.165) is 26.9 Å². The Morgan fingerprint density at radius 1 is 0.760 bits per heavy atom. The van der Waals surface area contributed by atoms with Gasteiger partial charge in [0, 0.05) is 44.9 Å². The van der Waals surface area contributed by atoms with Crippen LogP contribution in [-0.2, 0) is 9.59 Å². The number of anilines is 2. The van der Waals surface area contributed by atoms with Crippen molar-refractivity contribution in [1.82, 2.24) is 10.3 Å². The van der Waals surface area contributed by atoms with Crippen molar-refractivity contribution in [2.75, 3.05) is 24.9 Å². The van der Waals surface area contributed by atoms with Crippen LogP contribution in [0.5, 0.6) is 11.5 Å². The fraction of sp³-hybridized carbons (Fsp3) is 0.0750. The molecular weight excluding hydrogens is 649 g/mol. The molecule has 6 aromatic rings. The van der Waals surface area contributed by atoms with Crippen LogP contribution in [0.1, 0.15) is 26.7 Å². The number of methoxy groups -OCH3 is 2. The molecule has 0 spiro atoms. The van der Waals surface area contributed by atoms with Gasteiger partial charge in [-0.05, 0) is 60.2 Å². The van der Waals surface area contributed by atoms with Crippen LogP contribution in [0.3, 0.4) is 0 Å². The van der Waals surface area contributed by atoms with E-state index in [2.05, 4.69) is 20.9 Å². The lowest BCUT2D eigenvalue weighted by atomic mass is 10.1. The monoisotopic (exact) mass is 682 g/mol. The maximum Gasteiger partial charge on any atom is 0.272 e. The number of amides is 3. The van der Waals surface area contributed by atoms with E-state index in [1.165, 1.54) is 18.9 Å². The Hall–Kier alpha value is -6.26. The summed E-state index contributed by atoms with van der Waals surface area (Å²) in [6.07, 6.45) is 3.44. The van der Waals surface area contributed by atoms with E-state index in [4.69, 9.17) is 9.47 Å². The number of aromatic amines is 1. The minimum Gasteiger partial charge on any atom is -0.497 e. The van der Waals surface area contributed by atoms with Crippen LogP contribution < -0.4 is 25.4 Å². The van der Waals surface area contributed by atoms with E-state index in [1.54, 1.807) is 80.0 Å². The number of H-pyrrole nitrogens is 1. The number of rotatable bonds is 12. The second-order valence-corrected chi connectivity index (χ2v) is 12.3. The minimum absolute atomic E-state index is 0.0663. The van der Waals surface area contributed by atoms with Gasteiger partial charge >= 0.3 is 0 Å². The van der Waals surface area contributed by atoms with E-state index in [1.807, 2.05) is 66.7 Å². The predicted octanol–water partition coefficient (Wildman–Crippen LogP) is 8.07. The van der Waals surface area contributed by atoms with Crippen molar-refractivity contribution in [3.63, 3.8) is 0 Å². The Labute approximate surface area is 293 Å². The molecule has 5 aromatic carbocycles. The highest BCUT2D eigenvalue weighted by Crippen LogP contribution is 2.38. The van der Waals surface area contributed by atoms with E-state index < -0.39 is 17.1 Å². The van der Waals surface area contributed by atoms with Crippen molar-refractivity contribution in [3.8, 4) is 11.5 Å². The summed E-state index contributed by atoms with van der Waals surface area (Å²) in [6.45, 7) is 0. The summed E-state index contributed by atoms with van der Waals surface area (Å²) in [5, 5.41) is 8.99. The third-order valence-electron chi connectivity index (χ3n) is 7.80. The summed E-state index contributed by atoms with van der Waals surface area (Å²) in [7, 11) is 3.09. The van der Waals surface area contributed by atoms with Gasteiger partial charge in [-0.2, -0.15) is 0 Å². The zero-order valence-electron chi connectivity index (χ0n) is 27.3. The summed E-state index contributed by atoms with van der Waals surface area (Å²) in [5.74, 6) is -0.111. The quantitative estimate of drug-likeness (QED) is 0.0766. The number of carbonyl (C=O) groups excluding carboxylic acids is 3. The number of thioether (sulfide) groups is 1. The second-order valence-electron chi connectivity index (χ2n) is 11.1. The number of nitrogens with one attached hydrogen (secondary N) is 4. The molecule has 50 heavy (non-hydrogen) atoms. The van der Waals surface area contributed by atoms with Crippen LogP contribution in [0.25, 0.3) is 17.0 Å². The van der Waals surface area contributed by atoms with Crippen LogP contribution >= 0.6 is 11.8 Å². The third-order valence-corrected chi connectivity index (χ3v) is 9.05. The molecule has 0 radical (unpaired) electrons. The average Bonchev–Trinajstić information content (AvgIpc) is 3.57. The Balaban J connectivity index is 1.25. The molecule has 3 amide bonds. The number of hydrogen-bond acceptors (Lipinski definition) is 6. The molecule has 0 aliphatic rings. The molecule has 0 aliphatic carbocycles. The fourth-order valence-corrected chi connectivity index (χ4v) is 6.38. The first-order valence-corrected chi connectivity index (χ1v) is 16.6. The maximum absolute atomic E-state index is 13.8. The van der Waals surface area contributed by atoms with Gasteiger partial charge in [-0.15, -0.1) is 11.8 Å². The second kappa shape index (κ2) is 15.8. The molecule has 0 saturated heterocycles. The summed E-state index contributed by atoms with van der Waals surface area (Å²) >= 11 is 1.34. The highest BCUT2D eigenvalue weighted by molar-refractivity contribution is 8.00. The van der Waals surface area contributed by atoms with E-state index in [-0.39, 0.29) is 11.6 Å². The van der Waals surface area contributed by atoms with Gasteiger partial charge in [0.25, 0.3) is 11.8 Å². The lowest BCUT2D eigenvalue weighted by molar-refractivity contribution is -0.116. The zero-order chi connectivity index (χ0) is 34.9. The molecule has 9 nitrogen and oxygen atoms in total. The fourth-order valence-electron chi connectivity index (χ4n) is 5.29. The van der Waals surface area contributed by atoms with Crippen molar-refractivity contribution in [2.24, 2.45) is 0 Å². The van der Waals surface area contributed by atoms with Gasteiger partial charge < -0.3 is 30.4 Å². The van der Waals surface area contributed by atoms with Gasteiger partial charge in [0.1, 0.15) is 22.4 Å². The summed E-state index contributed by atoms with van der Waals surface area (Å²) in [6, 6.07) is 38.3. The van der Waals surface area contributed by atoms with Gasteiger partial charge in [0.2, 0.25) is 5.91 Å². The largest absolute Gasteiger partial charge is 0.497 e. The molecule has 6 rings (SSSR count). The van der Waals surface area contributed by atoms with Crippen LogP contribution in [0.2, 0.25) is 0 Å². The number of fused-ring (bicyclic) bond motifs is 1. The van der Waals surface area contributed by atoms with Crippen molar-refractivity contribution >= 4 is 57.8 Å². The molecule has 0 saturated carbocycles. The molecule has 1 aromatic heterocycles. The topological polar surface area (TPSA) is 122 Å². The van der Waals surface area contributed by atoms with Crippen LogP contribution in [0.4, 0.5) is 11.4 Å². The Morgan fingerprint density at radius 2 is 1.50 bits per heavy atom. The van der Waals surface area contributed by atoms with Gasteiger partial charge in [-0.25, -0.2) is 0 Å². The molecule has 10 heteroatoms. The standard InChI is InChI=1S/C40H34N4O5S/c1-48-30-20-21-34(36(24-30)49-2)43-40(47)37(26-12-5-3-6-13-26)50-31-17-11-16-29(23-31)42-39(46)35(44-38(45)27-14-7-4-8-15-27)22-28-25-41-33-19-10-9-18-32(28)33/h3-25,37,41H,1-2H3,(H,42,46)(H,43,47)(H,44,45)/b35-22-. The number of para-hydroxylation sites is 1. The normalized spacial score (nSPS) is 11.8. The molecule has 0 bridgehead atoms. The first kappa shape index (κ1) is 33.6. The Kier molecular flexibility index (Phi) is 10.6. The number of aromatic nitrogens is 1. The number of ether oxygens (including phenoxy) is 2. The molecule has 1 unspecified atom stereocenters. The SMILES string of the molecule is COc1ccc(NC(=O)C(Sc2cccc(NC(=O)/C(=C/c3c[nH]c4ccccc34)NC(=O)c3ccccc3)c2)c2ccccc2)c(OC)c1. The molecule has 1 heterocycles. The summed E-state index contributed by atoms with van der Waals surface area (Å²) < 4.78 is 10.8. The lowest BCUT2D eigenvalue weighted by Gasteiger charge is -2.19. The van der Waals surface area contributed by atoms with E-state index in [9.17, 15) is 14.4 Å². The van der Waals surface area contributed by atoms with E-state index >= 15 is 0 Å². The summed E-state index contributed by atoms with van der Waals surface area (Å²) in [5.41, 5.74) is 3.92. The van der Waals surface area contributed by atoms with Gasteiger partial charge in [0.05, 0.1) is 19.9 Å². The van der Waals surface area contributed by atoms with Crippen molar-refractivity contribution in [2.45, 2.75) is 10.1 Å². The highest BCUT2D eigenvalue weighted by atomic mass is 32.2. The van der Waals surface area contributed by atoms with Gasteiger partial charge in [-0.1, -0.05) is 72.8 Å². The maximum atomic E-state index is 13.8. The van der Waals surface area contributed by atoms with Crippen molar-refractivity contribution in [3.05, 3.63) is 156 Å². The zero-order valence-corrected chi connectivity index (χ0v) is 28.1. The minimum atomic E-state index is -0.642. The first-order valence-electron chi connectivity index (χ1n) is 15.7. The molecule has 0 aliphatic heterocycles. The third kappa shape index (κ3) is 8.05. The van der Waals surface area contributed by atoms with Crippen molar-refractivity contribution in [1.29, 1.82) is 0 Å². The van der Waals surface area contributed by atoms with Gasteiger partial charge in [-0.3, -0.25) is 14.4 Å². The number of hydrogen-bond donors (Lipinski definition) is 4. The first-order chi connectivity index (χ1) is 24.4. The van der Waals surface area contributed by atoms with E-state index in [0.29, 0.717) is 28.4 Å². The molecule has 4 N–H and O–H groups in total. The van der Waals surface area contributed by atoms with Gasteiger partial charge in [0.15, 0.2) is 0 Å². The molecular formula is C40H34N4O5S. The highest BCUT2D eigenvalue weighted by Gasteiger charge is 2.24. The molecule has 1 atom stereocenters. The predicted molar refractivity (Wildman–Crippen MR) is 198 cm³/mol. The summed E-state index contributed by atoms with van der Waals surface area (Å²) in [4.78, 5) is 44.8. The molecule has 0 fully saturated rings. The Morgan fingerprint density at radius 3 is 2.26 bits per heavy atom. The lowest BCUT2D eigenvalue weighted by Crippen LogP contribution is -2.30. The number of benzene rings is 5. The van der Waals surface area contributed by atoms with Crippen LogP contribution in [-0.4, -0.2) is 36.9 Å². The Bertz CT molecular complexity index is 2170. The molecule has 250 valence electrons. The number of carbonyl (C=O) groups is 3. The van der Waals surface area contributed by atoms with Crippen LogP contribution in [0.15, 0.2) is 144 Å². The average molecular weight is 683 g/mol. The smallest absolute Gasteiger partial charge is 0.272 e. The van der Waals surface area contributed by atoms with Crippen molar-refractivity contribution < 1.29 is 23.9 Å².